The van der Waals surface area contributed by atoms with Crippen LogP contribution in [0.15, 0.2) is 24.3 Å². The first kappa shape index (κ1) is 16.1. The second-order valence-electron chi connectivity index (χ2n) is 4.64. The molecule has 2 N–H and O–H groups in total. The maximum Gasteiger partial charge on any atom is 0.405 e. The lowest BCUT2D eigenvalue weighted by atomic mass is 10.2. The summed E-state index contributed by atoms with van der Waals surface area (Å²) in [6, 6.07) is 6.49. The number of nitrogens with zero attached hydrogens (tertiary/aromatic N) is 1. The third-order valence-electron chi connectivity index (χ3n) is 2.62. The number of halogens is 3. The zero-order valence-corrected chi connectivity index (χ0v) is 11.6. The molecule has 1 aromatic carbocycles. The molecule has 0 fully saturated rings. The Labute approximate surface area is 116 Å². The number of nitrogens with one attached hydrogen (secondary N) is 2. The van der Waals surface area contributed by atoms with Gasteiger partial charge in [-0.2, -0.15) is 13.2 Å². The zero-order chi connectivity index (χ0) is 15.3. The first-order valence-electron chi connectivity index (χ1n) is 6.07. The van der Waals surface area contributed by atoms with Crippen LogP contribution in [-0.4, -0.2) is 38.8 Å². The Bertz CT molecular complexity index is 443. The highest BCUT2D eigenvalue weighted by Crippen LogP contribution is 2.16. The van der Waals surface area contributed by atoms with Crippen LogP contribution in [0, 0.1) is 0 Å². The van der Waals surface area contributed by atoms with Crippen LogP contribution in [0.4, 0.5) is 24.5 Å². The predicted molar refractivity (Wildman–Crippen MR) is 72.9 cm³/mol. The molecule has 0 saturated heterocycles. The minimum atomic E-state index is -4.40. The minimum absolute atomic E-state index is 0.672. The maximum absolute atomic E-state index is 12.0. The van der Waals surface area contributed by atoms with Gasteiger partial charge in [0.2, 0.25) is 5.91 Å². The van der Waals surface area contributed by atoms with E-state index in [1.807, 2.05) is 36.4 Å². The molecule has 0 aliphatic heterocycles. The minimum Gasteiger partial charge on any atom is -0.378 e. The summed E-state index contributed by atoms with van der Waals surface area (Å²) in [5.41, 5.74) is 1.66. The number of rotatable bonds is 5. The molecule has 0 aliphatic carbocycles. The molecule has 0 radical (unpaired) electrons. The Morgan fingerprint density at radius 1 is 1.25 bits per heavy atom. The van der Waals surface area contributed by atoms with Gasteiger partial charge in [0, 0.05) is 25.5 Å². The van der Waals surface area contributed by atoms with Crippen molar-refractivity contribution in [3.05, 3.63) is 24.3 Å². The van der Waals surface area contributed by atoms with Gasteiger partial charge >= 0.3 is 6.18 Å². The number of hydrogen-bond donors (Lipinski definition) is 2. The smallest absolute Gasteiger partial charge is 0.378 e. The number of carbonyl (C=O) groups excluding carboxylic acids is 1. The lowest BCUT2D eigenvalue weighted by molar-refractivity contribution is -0.138. The van der Waals surface area contributed by atoms with Crippen molar-refractivity contribution in [1.82, 2.24) is 5.32 Å². The van der Waals surface area contributed by atoms with Gasteiger partial charge in [-0.25, -0.2) is 0 Å². The van der Waals surface area contributed by atoms with E-state index in [1.54, 1.807) is 12.1 Å². The molecule has 1 rings (SSSR count). The van der Waals surface area contributed by atoms with Gasteiger partial charge in [-0.3, -0.25) is 4.79 Å². The molecular weight excluding hydrogens is 271 g/mol. The summed E-state index contributed by atoms with van der Waals surface area (Å²) >= 11 is 0. The van der Waals surface area contributed by atoms with E-state index in [2.05, 4.69) is 5.32 Å². The van der Waals surface area contributed by atoms with Gasteiger partial charge in [-0.15, -0.1) is 0 Å². The van der Waals surface area contributed by atoms with E-state index in [-0.39, 0.29) is 0 Å². The van der Waals surface area contributed by atoms with Crippen molar-refractivity contribution >= 4 is 17.3 Å². The van der Waals surface area contributed by atoms with Crippen LogP contribution in [0.25, 0.3) is 0 Å². The van der Waals surface area contributed by atoms with Crippen molar-refractivity contribution in [2.24, 2.45) is 0 Å². The van der Waals surface area contributed by atoms with Gasteiger partial charge in [-0.1, -0.05) is 0 Å². The van der Waals surface area contributed by atoms with E-state index in [9.17, 15) is 18.0 Å². The number of carbonyl (C=O) groups is 1. The summed E-state index contributed by atoms with van der Waals surface area (Å²) in [7, 11) is 3.80. The van der Waals surface area contributed by atoms with Crippen molar-refractivity contribution in [2.75, 3.05) is 30.9 Å². The molecule has 0 heterocycles. The second-order valence-corrected chi connectivity index (χ2v) is 4.64. The molecular formula is C13H18F3N3O. The number of alkyl halides is 3. The molecule has 0 bridgehead atoms. The van der Waals surface area contributed by atoms with E-state index in [0.717, 1.165) is 5.69 Å². The van der Waals surface area contributed by atoms with Crippen LogP contribution < -0.4 is 15.5 Å². The van der Waals surface area contributed by atoms with Gasteiger partial charge < -0.3 is 15.5 Å². The number of anilines is 2. The van der Waals surface area contributed by atoms with Gasteiger partial charge in [0.25, 0.3) is 0 Å². The van der Waals surface area contributed by atoms with E-state index in [4.69, 9.17) is 0 Å². The highest BCUT2D eigenvalue weighted by molar-refractivity contribution is 5.84. The van der Waals surface area contributed by atoms with Crippen molar-refractivity contribution in [1.29, 1.82) is 0 Å². The van der Waals surface area contributed by atoms with Crippen LogP contribution in [0.5, 0.6) is 0 Å². The molecule has 7 heteroatoms. The molecule has 1 unspecified atom stereocenters. The van der Waals surface area contributed by atoms with Gasteiger partial charge in [0.15, 0.2) is 0 Å². The standard InChI is InChI=1S/C13H18F3N3O/c1-9(12(20)17-8-13(14,15)16)18-10-4-6-11(7-5-10)19(2)3/h4-7,9,18H,8H2,1-3H3,(H,17,20). The number of benzene rings is 1. The normalized spacial score (nSPS) is 12.7. The van der Waals surface area contributed by atoms with Crippen LogP contribution >= 0.6 is 0 Å². The molecule has 112 valence electrons. The SMILES string of the molecule is CC(Nc1ccc(N(C)C)cc1)C(=O)NCC(F)(F)F. The average Bonchev–Trinajstić information content (AvgIpc) is 2.35. The summed E-state index contributed by atoms with van der Waals surface area (Å²) in [6.07, 6.45) is -4.40. The Hall–Kier alpha value is -1.92. The highest BCUT2D eigenvalue weighted by Gasteiger charge is 2.28. The molecule has 1 aromatic rings. The van der Waals surface area contributed by atoms with Crippen molar-refractivity contribution in [3.63, 3.8) is 0 Å². The largest absolute Gasteiger partial charge is 0.405 e. The van der Waals surface area contributed by atoms with Crippen LogP contribution in [0.1, 0.15) is 6.92 Å². The Morgan fingerprint density at radius 2 is 1.80 bits per heavy atom. The number of amides is 1. The Kier molecular flexibility index (Phi) is 5.24. The van der Waals surface area contributed by atoms with E-state index in [0.29, 0.717) is 5.69 Å². The third-order valence-corrected chi connectivity index (χ3v) is 2.62. The summed E-state index contributed by atoms with van der Waals surface area (Å²) in [6.45, 7) is 0.184. The first-order valence-corrected chi connectivity index (χ1v) is 6.07. The van der Waals surface area contributed by atoms with Crippen LogP contribution in [-0.2, 0) is 4.79 Å². The molecule has 1 atom stereocenters. The van der Waals surface area contributed by atoms with Crippen molar-refractivity contribution < 1.29 is 18.0 Å². The van der Waals surface area contributed by atoms with E-state index >= 15 is 0 Å². The monoisotopic (exact) mass is 289 g/mol. The predicted octanol–water partition coefficient (Wildman–Crippen LogP) is 2.23. The average molecular weight is 289 g/mol. The van der Waals surface area contributed by atoms with Crippen LogP contribution in [0.3, 0.4) is 0 Å². The summed E-state index contributed by atoms with van der Waals surface area (Å²) < 4.78 is 36.0. The first-order chi connectivity index (χ1) is 9.19. The van der Waals surface area contributed by atoms with Gasteiger partial charge in [-0.05, 0) is 31.2 Å². The Morgan fingerprint density at radius 3 is 2.25 bits per heavy atom. The number of hydrogen-bond acceptors (Lipinski definition) is 3. The van der Waals surface area contributed by atoms with E-state index in [1.165, 1.54) is 6.92 Å². The maximum atomic E-state index is 12.0. The summed E-state index contributed by atoms with van der Waals surface area (Å²) in [5.74, 6) is -0.695. The molecule has 1 amide bonds. The zero-order valence-electron chi connectivity index (χ0n) is 11.6. The lowest BCUT2D eigenvalue weighted by Gasteiger charge is -2.17. The van der Waals surface area contributed by atoms with Crippen molar-refractivity contribution in [2.45, 2.75) is 19.1 Å². The fraction of sp³-hybridized carbons (Fsp3) is 0.462. The summed E-state index contributed by atoms with van der Waals surface area (Å²) in [4.78, 5) is 13.4. The third kappa shape index (κ3) is 5.38. The molecule has 4 nitrogen and oxygen atoms in total. The topological polar surface area (TPSA) is 44.4 Å². The van der Waals surface area contributed by atoms with E-state index < -0.39 is 24.7 Å². The lowest BCUT2D eigenvalue weighted by Crippen LogP contribution is -2.42. The molecule has 0 spiro atoms. The van der Waals surface area contributed by atoms with Gasteiger partial charge in [0.1, 0.15) is 12.6 Å². The second kappa shape index (κ2) is 6.49. The molecule has 0 aliphatic rings. The van der Waals surface area contributed by atoms with Crippen LogP contribution in [0.2, 0.25) is 0 Å². The summed E-state index contributed by atoms with van der Waals surface area (Å²) in [5, 5.41) is 4.68. The molecule has 0 saturated carbocycles. The quantitative estimate of drug-likeness (QED) is 0.873. The fourth-order valence-corrected chi connectivity index (χ4v) is 1.51. The van der Waals surface area contributed by atoms with Crippen molar-refractivity contribution in [3.8, 4) is 0 Å². The van der Waals surface area contributed by atoms with Gasteiger partial charge in [0.05, 0.1) is 0 Å². The fourth-order valence-electron chi connectivity index (χ4n) is 1.51. The highest BCUT2D eigenvalue weighted by atomic mass is 19.4. The molecule has 0 aromatic heterocycles. The Balaban J connectivity index is 2.53. The molecule has 20 heavy (non-hydrogen) atoms.